The molecule has 0 spiro atoms. The first-order valence-corrected chi connectivity index (χ1v) is 6.96. The minimum Gasteiger partial charge on any atom is -0.476 e. The van der Waals surface area contributed by atoms with Crippen LogP contribution in [-0.2, 0) is 6.54 Å². The maximum Gasteiger partial charge on any atom is 0.355 e. The smallest absolute Gasteiger partial charge is 0.355 e. The van der Waals surface area contributed by atoms with Gasteiger partial charge in [0.2, 0.25) is 0 Å². The quantitative estimate of drug-likeness (QED) is 0.771. The number of aromatic carboxylic acids is 1. The second-order valence-corrected chi connectivity index (χ2v) is 5.40. The van der Waals surface area contributed by atoms with Gasteiger partial charge in [0.05, 0.1) is 12.1 Å². The molecule has 0 atom stereocenters. The number of aryl methyl sites for hydroxylation is 2. The zero-order valence-corrected chi connectivity index (χ0v) is 12.3. The monoisotopic (exact) mass is 306 g/mol. The average molecular weight is 306 g/mol. The fourth-order valence-corrected chi connectivity index (χ4v) is 2.63. The lowest BCUT2D eigenvalue weighted by Gasteiger charge is -2.11. The summed E-state index contributed by atoms with van der Waals surface area (Å²) in [5.74, 6) is -1.25. The summed E-state index contributed by atoms with van der Waals surface area (Å²) in [4.78, 5) is 30.5. The van der Waals surface area contributed by atoms with E-state index in [1.807, 2.05) is 6.92 Å². The van der Waals surface area contributed by atoms with Crippen molar-refractivity contribution in [3.63, 3.8) is 0 Å². The summed E-state index contributed by atoms with van der Waals surface area (Å²) in [6.45, 7) is 3.87. The van der Waals surface area contributed by atoms with Crippen LogP contribution in [0, 0.1) is 13.8 Å². The molecule has 1 amide bonds. The van der Waals surface area contributed by atoms with Crippen LogP contribution < -0.4 is 11.1 Å². The van der Waals surface area contributed by atoms with E-state index in [0.717, 1.165) is 11.3 Å². The van der Waals surface area contributed by atoms with Gasteiger partial charge >= 0.3 is 5.97 Å². The van der Waals surface area contributed by atoms with Crippen LogP contribution in [0.1, 0.15) is 37.1 Å². The maximum atomic E-state index is 11.5. The number of hydrogen-bond donors (Lipinski definition) is 3. The Labute approximate surface area is 124 Å². The molecule has 0 aromatic carbocycles. The molecule has 2 heterocycles. The Morgan fingerprint density at radius 1 is 1.38 bits per heavy atom. The molecule has 0 unspecified atom stereocenters. The van der Waals surface area contributed by atoms with Crippen LogP contribution in [0.25, 0.3) is 0 Å². The summed E-state index contributed by atoms with van der Waals surface area (Å²) in [5.41, 5.74) is 7.19. The summed E-state index contributed by atoms with van der Waals surface area (Å²) in [5, 5.41) is 13.9. The van der Waals surface area contributed by atoms with Gasteiger partial charge in [0.15, 0.2) is 5.69 Å². The van der Waals surface area contributed by atoms with Gasteiger partial charge in [-0.1, -0.05) is 0 Å². The summed E-state index contributed by atoms with van der Waals surface area (Å²) in [6, 6.07) is 1.77. The molecule has 0 aliphatic rings. The Morgan fingerprint density at radius 3 is 2.67 bits per heavy atom. The van der Waals surface area contributed by atoms with E-state index in [9.17, 15) is 9.59 Å². The third kappa shape index (κ3) is 3.34. The topological polar surface area (TPSA) is 118 Å². The second-order valence-electron chi connectivity index (χ2n) is 4.45. The molecule has 0 bridgehead atoms. The molecule has 0 aliphatic heterocycles. The fraction of sp³-hybridized carbons (Fsp3) is 0.231. The van der Waals surface area contributed by atoms with Crippen LogP contribution in [0.5, 0.6) is 0 Å². The Balaban J connectivity index is 2.22. The van der Waals surface area contributed by atoms with Crippen molar-refractivity contribution in [3.8, 4) is 0 Å². The normalized spacial score (nSPS) is 10.4. The zero-order valence-electron chi connectivity index (χ0n) is 11.5. The number of nitrogens with one attached hydrogen (secondary N) is 1. The number of nitrogens with zero attached hydrogens (tertiary/aromatic N) is 2. The first-order chi connectivity index (χ1) is 9.88. The van der Waals surface area contributed by atoms with Gasteiger partial charge in [-0.25, -0.2) is 14.8 Å². The number of pyridine rings is 1. The van der Waals surface area contributed by atoms with Crippen molar-refractivity contribution in [1.29, 1.82) is 0 Å². The van der Waals surface area contributed by atoms with Crippen LogP contribution in [0.15, 0.2) is 11.4 Å². The molecule has 0 saturated heterocycles. The van der Waals surface area contributed by atoms with E-state index in [0.29, 0.717) is 16.4 Å². The van der Waals surface area contributed by atoms with Crippen molar-refractivity contribution in [2.24, 2.45) is 5.73 Å². The first-order valence-electron chi connectivity index (χ1n) is 6.08. The minimum absolute atomic E-state index is 0.000284. The highest BCUT2D eigenvalue weighted by Gasteiger charge is 2.15. The summed E-state index contributed by atoms with van der Waals surface area (Å²) < 4.78 is 0. The van der Waals surface area contributed by atoms with E-state index in [1.165, 1.54) is 16.7 Å². The molecule has 8 heteroatoms. The van der Waals surface area contributed by atoms with Gasteiger partial charge < -0.3 is 16.2 Å². The number of carbonyl (C=O) groups is 2. The summed E-state index contributed by atoms with van der Waals surface area (Å²) >= 11 is 1.22. The molecule has 2 aromatic heterocycles. The van der Waals surface area contributed by atoms with Crippen LogP contribution in [0.4, 0.5) is 5.82 Å². The van der Waals surface area contributed by atoms with Crippen molar-refractivity contribution >= 4 is 29.0 Å². The van der Waals surface area contributed by atoms with E-state index in [2.05, 4.69) is 15.3 Å². The Hall–Kier alpha value is -2.48. The molecule has 7 nitrogen and oxygen atoms in total. The third-order valence-electron chi connectivity index (χ3n) is 2.77. The number of hydrogen-bond acceptors (Lipinski definition) is 6. The molecule has 4 N–H and O–H groups in total. The molecule has 0 saturated carbocycles. The predicted molar refractivity (Wildman–Crippen MR) is 78.6 cm³/mol. The van der Waals surface area contributed by atoms with Crippen LogP contribution in [0.2, 0.25) is 0 Å². The van der Waals surface area contributed by atoms with Crippen LogP contribution >= 0.6 is 11.3 Å². The molecule has 110 valence electrons. The van der Waals surface area contributed by atoms with Crippen molar-refractivity contribution in [2.75, 3.05) is 5.32 Å². The summed E-state index contributed by atoms with van der Waals surface area (Å²) in [6.07, 6.45) is 0. The highest BCUT2D eigenvalue weighted by atomic mass is 32.1. The lowest BCUT2D eigenvalue weighted by atomic mass is 10.1. The average Bonchev–Trinajstić information content (AvgIpc) is 2.83. The van der Waals surface area contributed by atoms with E-state index < -0.39 is 11.9 Å². The van der Waals surface area contributed by atoms with E-state index in [1.54, 1.807) is 13.0 Å². The van der Waals surface area contributed by atoms with Gasteiger partial charge in [0.1, 0.15) is 10.8 Å². The number of aromatic nitrogens is 2. The lowest BCUT2D eigenvalue weighted by Crippen LogP contribution is -2.17. The van der Waals surface area contributed by atoms with Crippen molar-refractivity contribution in [3.05, 3.63) is 39.0 Å². The standard InChI is InChI=1S/C13H14N4O3S/c1-6-3-7(2)16-12(10(6)11(14)18)15-4-9-17-8(5-21-9)13(19)20/h3,5H,4H2,1-2H3,(H2,14,18)(H,15,16)(H,19,20). The number of carboxylic acid groups (broad SMARTS) is 1. The molecule has 0 fully saturated rings. The minimum atomic E-state index is -1.07. The van der Waals surface area contributed by atoms with Gasteiger partial charge in [-0.05, 0) is 25.5 Å². The molecule has 0 radical (unpaired) electrons. The summed E-state index contributed by atoms with van der Waals surface area (Å²) in [7, 11) is 0. The molecular formula is C13H14N4O3S. The van der Waals surface area contributed by atoms with Crippen LogP contribution in [0.3, 0.4) is 0 Å². The van der Waals surface area contributed by atoms with Gasteiger partial charge in [0, 0.05) is 11.1 Å². The second kappa shape index (κ2) is 5.88. The van der Waals surface area contributed by atoms with Gasteiger partial charge in [-0.3, -0.25) is 4.79 Å². The SMILES string of the molecule is Cc1cc(C)c(C(N)=O)c(NCc2nc(C(=O)O)cs2)n1. The number of primary amides is 1. The fourth-order valence-electron chi connectivity index (χ4n) is 1.93. The van der Waals surface area contributed by atoms with Crippen molar-refractivity contribution in [1.82, 2.24) is 9.97 Å². The molecule has 0 aliphatic carbocycles. The lowest BCUT2D eigenvalue weighted by molar-refractivity contribution is 0.0691. The molecule has 21 heavy (non-hydrogen) atoms. The highest BCUT2D eigenvalue weighted by Crippen LogP contribution is 2.19. The number of carbonyl (C=O) groups excluding carboxylic acids is 1. The van der Waals surface area contributed by atoms with Crippen molar-refractivity contribution < 1.29 is 14.7 Å². The number of thiazole rings is 1. The Kier molecular flexibility index (Phi) is 4.18. The number of nitrogens with two attached hydrogens (primary N) is 1. The van der Waals surface area contributed by atoms with E-state index in [-0.39, 0.29) is 12.2 Å². The third-order valence-corrected chi connectivity index (χ3v) is 3.62. The highest BCUT2D eigenvalue weighted by molar-refractivity contribution is 7.09. The number of amides is 1. The van der Waals surface area contributed by atoms with Crippen molar-refractivity contribution in [2.45, 2.75) is 20.4 Å². The van der Waals surface area contributed by atoms with E-state index >= 15 is 0 Å². The number of anilines is 1. The number of rotatable bonds is 5. The van der Waals surface area contributed by atoms with Crippen LogP contribution in [-0.4, -0.2) is 27.0 Å². The first kappa shape index (κ1) is 14.9. The van der Waals surface area contributed by atoms with E-state index in [4.69, 9.17) is 10.8 Å². The number of carboxylic acids is 1. The zero-order chi connectivity index (χ0) is 15.6. The molecular weight excluding hydrogens is 292 g/mol. The van der Waals surface area contributed by atoms with Gasteiger partial charge in [-0.2, -0.15) is 0 Å². The molecule has 2 rings (SSSR count). The largest absolute Gasteiger partial charge is 0.476 e. The Bertz CT molecular complexity index is 711. The van der Waals surface area contributed by atoms with Gasteiger partial charge in [-0.15, -0.1) is 11.3 Å². The maximum absolute atomic E-state index is 11.5. The van der Waals surface area contributed by atoms with Gasteiger partial charge in [0.25, 0.3) is 5.91 Å². The predicted octanol–water partition coefficient (Wildman–Crippen LogP) is 1.56. The Morgan fingerprint density at radius 2 is 2.10 bits per heavy atom. The molecule has 2 aromatic rings.